The Balaban J connectivity index is 3.45. The molecule has 0 saturated heterocycles. The summed E-state index contributed by atoms with van der Waals surface area (Å²) in [6.07, 6.45) is 0.931. The minimum atomic E-state index is -1.40. The summed E-state index contributed by atoms with van der Waals surface area (Å²) < 4.78 is 5.49. The van der Waals surface area contributed by atoms with Gasteiger partial charge in [0.2, 0.25) is 0 Å². The van der Waals surface area contributed by atoms with Gasteiger partial charge in [0.1, 0.15) is 6.29 Å². The molecule has 0 heterocycles. The fourth-order valence-electron chi connectivity index (χ4n) is 0.421. The summed E-state index contributed by atoms with van der Waals surface area (Å²) in [7, 11) is -1.40. The van der Waals surface area contributed by atoms with Crippen LogP contribution in [-0.2, 0) is 9.22 Å². The van der Waals surface area contributed by atoms with E-state index in [9.17, 15) is 4.79 Å². The SMILES string of the molecule is C[C@H](C=O)CO[Si](C)(C)C. The molecule has 1 atom stereocenters. The fraction of sp³-hybridized carbons (Fsp3) is 0.857. The lowest BCUT2D eigenvalue weighted by Gasteiger charge is -2.17. The Kier molecular flexibility index (Phi) is 3.82. The maximum atomic E-state index is 10.2. The van der Waals surface area contributed by atoms with E-state index in [1.54, 1.807) is 0 Å². The summed E-state index contributed by atoms with van der Waals surface area (Å²) in [5.74, 6) is 0.0479. The number of hydrogen-bond acceptors (Lipinski definition) is 2. The molecule has 0 rings (SSSR count). The van der Waals surface area contributed by atoms with Crippen LogP contribution in [0, 0.1) is 5.92 Å². The molecule has 3 heteroatoms. The van der Waals surface area contributed by atoms with Gasteiger partial charge in [-0.2, -0.15) is 0 Å². The van der Waals surface area contributed by atoms with Crippen LogP contribution >= 0.6 is 0 Å². The van der Waals surface area contributed by atoms with Gasteiger partial charge < -0.3 is 9.22 Å². The summed E-state index contributed by atoms with van der Waals surface area (Å²) in [6, 6.07) is 0. The first-order chi connectivity index (χ1) is 4.45. The summed E-state index contributed by atoms with van der Waals surface area (Å²) in [4.78, 5) is 10.2. The average Bonchev–Trinajstić information content (AvgIpc) is 1.81. The normalized spacial score (nSPS) is 14.8. The molecular weight excluding hydrogens is 144 g/mol. The highest BCUT2D eigenvalue weighted by molar-refractivity contribution is 6.69. The molecule has 0 spiro atoms. The second kappa shape index (κ2) is 3.88. The van der Waals surface area contributed by atoms with Crippen molar-refractivity contribution in [2.24, 2.45) is 5.92 Å². The Morgan fingerprint density at radius 2 is 2.00 bits per heavy atom. The molecule has 0 bridgehead atoms. The van der Waals surface area contributed by atoms with Gasteiger partial charge in [0.15, 0.2) is 8.32 Å². The van der Waals surface area contributed by atoms with Gasteiger partial charge in [0.25, 0.3) is 0 Å². The van der Waals surface area contributed by atoms with Gasteiger partial charge in [-0.3, -0.25) is 0 Å². The van der Waals surface area contributed by atoms with E-state index in [2.05, 4.69) is 19.6 Å². The van der Waals surface area contributed by atoms with Gasteiger partial charge in [0, 0.05) is 12.5 Å². The molecule has 0 aromatic carbocycles. The molecule has 2 nitrogen and oxygen atoms in total. The Hall–Kier alpha value is -0.153. The molecule has 0 unspecified atom stereocenters. The van der Waals surface area contributed by atoms with E-state index in [1.165, 1.54) is 0 Å². The van der Waals surface area contributed by atoms with Crippen molar-refractivity contribution in [1.29, 1.82) is 0 Å². The molecule has 60 valence electrons. The van der Waals surface area contributed by atoms with Crippen molar-refractivity contribution in [3.05, 3.63) is 0 Å². The standard InChI is InChI=1S/C7H16O2Si/c1-7(5-8)6-9-10(2,3)4/h5,7H,6H2,1-4H3/t7-/m1/s1. The second-order valence-corrected chi connectivity index (χ2v) is 8.05. The van der Waals surface area contributed by atoms with Crippen LogP contribution in [0.3, 0.4) is 0 Å². The molecule has 0 aromatic heterocycles. The van der Waals surface area contributed by atoms with Crippen molar-refractivity contribution >= 4 is 14.6 Å². The molecular formula is C7H16O2Si. The topological polar surface area (TPSA) is 26.3 Å². The monoisotopic (exact) mass is 160 g/mol. The third-order valence-corrected chi connectivity index (χ3v) is 2.04. The van der Waals surface area contributed by atoms with Crippen LogP contribution in [0.15, 0.2) is 0 Å². The van der Waals surface area contributed by atoms with Crippen LogP contribution in [0.4, 0.5) is 0 Å². The minimum Gasteiger partial charge on any atom is -0.417 e. The highest BCUT2D eigenvalue weighted by Gasteiger charge is 2.14. The number of hydrogen-bond donors (Lipinski definition) is 0. The maximum absolute atomic E-state index is 10.2. The summed E-state index contributed by atoms with van der Waals surface area (Å²) >= 11 is 0. The van der Waals surface area contributed by atoms with Crippen LogP contribution in [0.2, 0.25) is 19.6 Å². The van der Waals surface area contributed by atoms with E-state index >= 15 is 0 Å². The molecule has 0 saturated carbocycles. The van der Waals surface area contributed by atoms with E-state index in [0.717, 1.165) is 6.29 Å². The van der Waals surface area contributed by atoms with Crippen LogP contribution in [0.25, 0.3) is 0 Å². The van der Waals surface area contributed by atoms with Gasteiger partial charge >= 0.3 is 0 Å². The second-order valence-electron chi connectivity index (χ2n) is 3.54. The largest absolute Gasteiger partial charge is 0.417 e. The predicted octanol–water partition coefficient (Wildman–Crippen LogP) is 1.67. The van der Waals surface area contributed by atoms with E-state index in [1.807, 2.05) is 6.92 Å². The van der Waals surface area contributed by atoms with E-state index in [4.69, 9.17) is 4.43 Å². The zero-order valence-electron chi connectivity index (χ0n) is 7.18. The van der Waals surface area contributed by atoms with Crippen LogP contribution in [0.1, 0.15) is 6.92 Å². The molecule has 0 fully saturated rings. The molecule has 0 amide bonds. The highest BCUT2D eigenvalue weighted by Crippen LogP contribution is 2.04. The lowest BCUT2D eigenvalue weighted by Crippen LogP contribution is -2.28. The summed E-state index contributed by atoms with van der Waals surface area (Å²) in [5.41, 5.74) is 0. The van der Waals surface area contributed by atoms with Gasteiger partial charge in [-0.1, -0.05) is 6.92 Å². The predicted molar refractivity (Wildman–Crippen MR) is 44.5 cm³/mol. The van der Waals surface area contributed by atoms with Crippen LogP contribution in [0.5, 0.6) is 0 Å². The van der Waals surface area contributed by atoms with Gasteiger partial charge in [-0.05, 0) is 19.6 Å². The van der Waals surface area contributed by atoms with Crippen molar-refractivity contribution in [3.63, 3.8) is 0 Å². The Labute approximate surface area is 63.7 Å². The Bertz CT molecular complexity index is 107. The Morgan fingerprint density at radius 1 is 1.50 bits per heavy atom. The van der Waals surface area contributed by atoms with E-state index < -0.39 is 8.32 Å². The van der Waals surface area contributed by atoms with Crippen molar-refractivity contribution in [1.82, 2.24) is 0 Å². The van der Waals surface area contributed by atoms with Gasteiger partial charge in [-0.15, -0.1) is 0 Å². The van der Waals surface area contributed by atoms with E-state index in [-0.39, 0.29) is 5.92 Å². The van der Waals surface area contributed by atoms with Crippen molar-refractivity contribution in [2.75, 3.05) is 6.61 Å². The number of carbonyl (C=O) groups is 1. The molecule has 0 radical (unpaired) electrons. The third-order valence-electron chi connectivity index (χ3n) is 1.01. The molecule has 0 N–H and O–H groups in total. The number of aldehydes is 1. The van der Waals surface area contributed by atoms with Crippen LogP contribution < -0.4 is 0 Å². The lowest BCUT2D eigenvalue weighted by molar-refractivity contribution is -0.111. The van der Waals surface area contributed by atoms with Crippen molar-refractivity contribution < 1.29 is 9.22 Å². The Morgan fingerprint density at radius 3 is 2.30 bits per heavy atom. The number of carbonyl (C=O) groups excluding carboxylic acids is 1. The first kappa shape index (κ1) is 9.85. The van der Waals surface area contributed by atoms with E-state index in [0.29, 0.717) is 6.61 Å². The molecule has 10 heavy (non-hydrogen) atoms. The molecule has 0 aliphatic rings. The fourth-order valence-corrected chi connectivity index (χ4v) is 1.18. The zero-order valence-corrected chi connectivity index (χ0v) is 8.18. The zero-order chi connectivity index (χ0) is 8.20. The summed E-state index contributed by atoms with van der Waals surface area (Å²) in [5, 5.41) is 0. The summed E-state index contributed by atoms with van der Waals surface area (Å²) in [6.45, 7) is 8.80. The first-order valence-electron chi connectivity index (χ1n) is 3.55. The van der Waals surface area contributed by atoms with Crippen molar-refractivity contribution in [3.8, 4) is 0 Å². The first-order valence-corrected chi connectivity index (χ1v) is 6.96. The lowest BCUT2D eigenvalue weighted by atomic mass is 10.2. The minimum absolute atomic E-state index is 0.0479. The maximum Gasteiger partial charge on any atom is 0.183 e. The van der Waals surface area contributed by atoms with Gasteiger partial charge in [0.05, 0.1) is 0 Å². The highest BCUT2D eigenvalue weighted by atomic mass is 28.4. The molecule has 0 aliphatic carbocycles. The third kappa shape index (κ3) is 5.97. The number of rotatable bonds is 4. The van der Waals surface area contributed by atoms with Gasteiger partial charge in [-0.25, -0.2) is 0 Å². The smallest absolute Gasteiger partial charge is 0.183 e. The van der Waals surface area contributed by atoms with Crippen molar-refractivity contribution in [2.45, 2.75) is 26.6 Å². The molecule has 0 aromatic rings. The quantitative estimate of drug-likeness (QED) is 0.462. The molecule has 0 aliphatic heterocycles. The van der Waals surface area contributed by atoms with Crippen LogP contribution in [-0.4, -0.2) is 21.2 Å². The average molecular weight is 160 g/mol.